The molecule has 0 unspecified atom stereocenters. The third-order valence-electron chi connectivity index (χ3n) is 2.98. The Bertz CT molecular complexity index is 766. The van der Waals surface area contributed by atoms with Gasteiger partial charge in [-0.15, -0.1) is 21.5 Å². The van der Waals surface area contributed by atoms with Crippen molar-refractivity contribution in [2.24, 2.45) is 7.05 Å². The van der Waals surface area contributed by atoms with Crippen LogP contribution in [0, 0.1) is 6.92 Å². The molecule has 2 heterocycles. The number of nitrogens with one attached hydrogen (secondary N) is 1. The van der Waals surface area contributed by atoms with E-state index in [9.17, 15) is 0 Å². The van der Waals surface area contributed by atoms with Gasteiger partial charge in [-0.1, -0.05) is 23.7 Å². The van der Waals surface area contributed by atoms with Gasteiger partial charge in [0.1, 0.15) is 0 Å². The Balaban J connectivity index is 1.81. The molecular formula is C13H13ClN6S. The summed E-state index contributed by atoms with van der Waals surface area (Å²) in [5.41, 5.74) is 3.11. The van der Waals surface area contributed by atoms with Gasteiger partial charge in [0.05, 0.1) is 13.6 Å². The summed E-state index contributed by atoms with van der Waals surface area (Å²) in [6, 6.07) is 6.05. The summed E-state index contributed by atoms with van der Waals surface area (Å²) in [5, 5.41) is 15.5. The Morgan fingerprint density at radius 1 is 1.38 bits per heavy atom. The summed E-state index contributed by atoms with van der Waals surface area (Å²) in [6.07, 6.45) is 1.78. The third kappa shape index (κ3) is 3.20. The van der Waals surface area contributed by atoms with Crippen LogP contribution in [0.25, 0.3) is 11.4 Å². The van der Waals surface area contributed by atoms with Gasteiger partial charge in [-0.3, -0.25) is 0 Å². The van der Waals surface area contributed by atoms with Crippen LogP contribution in [0.4, 0.5) is 5.69 Å². The summed E-state index contributed by atoms with van der Waals surface area (Å²) in [6.45, 7) is 2.73. The summed E-state index contributed by atoms with van der Waals surface area (Å²) in [4.78, 5) is 6.56. The molecule has 1 N–H and O–H groups in total. The molecule has 0 atom stereocenters. The van der Waals surface area contributed by atoms with Crippen molar-refractivity contribution in [3.63, 3.8) is 0 Å². The molecule has 3 aromatic rings. The van der Waals surface area contributed by atoms with E-state index in [-0.39, 0.29) is 0 Å². The summed E-state index contributed by atoms with van der Waals surface area (Å²) in [7, 11) is 1.75. The molecule has 21 heavy (non-hydrogen) atoms. The first kappa shape index (κ1) is 14.0. The fourth-order valence-electron chi connectivity index (χ4n) is 1.90. The second-order valence-electron chi connectivity index (χ2n) is 4.57. The van der Waals surface area contributed by atoms with Crippen molar-refractivity contribution in [1.82, 2.24) is 25.2 Å². The lowest BCUT2D eigenvalue weighted by Gasteiger charge is -2.09. The van der Waals surface area contributed by atoms with E-state index in [0.717, 1.165) is 21.7 Å². The molecule has 0 aliphatic heterocycles. The van der Waals surface area contributed by atoms with Gasteiger partial charge in [0, 0.05) is 22.3 Å². The Kier molecular flexibility index (Phi) is 3.85. The number of hydrogen-bond acceptors (Lipinski definition) is 6. The molecule has 1 aromatic carbocycles. The van der Waals surface area contributed by atoms with Crippen LogP contribution in [0.3, 0.4) is 0 Å². The second kappa shape index (κ2) is 5.79. The molecule has 0 aliphatic carbocycles. The Morgan fingerprint density at radius 3 is 2.90 bits per heavy atom. The quantitative estimate of drug-likeness (QED) is 0.800. The topological polar surface area (TPSA) is 68.5 Å². The van der Waals surface area contributed by atoms with Crippen LogP contribution in [0.2, 0.25) is 4.47 Å². The lowest BCUT2D eigenvalue weighted by Crippen LogP contribution is -2.00. The second-order valence-corrected chi connectivity index (χ2v) is 6.26. The van der Waals surface area contributed by atoms with E-state index in [0.29, 0.717) is 16.8 Å². The van der Waals surface area contributed by atoms with Crippen LogP contribution >= 0.6 is 22.9 Å². The summed E-state index contributed by atoms with van der Waals surface area (Å²) in [5.74, 6) is 0.612. The van der Waals surface area contributed by atoms with Gasteiger partial charge < -0.3 is 5.32 Å². The Labute approximate surface area is 130 Å². The molecule has 8 heteroatoms. The number of halogens is 1. The first-order valence-corrected chi connectivity index (χ1v) is 7.50. The predicted octanol–water partition coefficient (Wildman–Crippen LogP) is 2.91. The van der Waals surface area contributed by atoms with Gasteiger partial charge in [0.15, 0.2) is 4.47 Å². The Hall–Kier alpha value is -1.99. The van der Waals surface area contributed by atoms with E-state index in [1.165, 1.54) is 16.1 Å². The molecule has 0 saturated heterocycles. The van der Waals surface area contributed by atoms with Gasteiger partial charge in [-0.25, -0.2) is 4.98 Å². The maximum absolute atomic E-state index is 5.83. The average molecular weight is 321 g/mol. The number of tetrazole rings is 1. The van der Waals surface area contributed by atoms with Crippen molar-refractivity contribution >= 4 is 28.6 Å². The minimum atomic E-state index is 0.557. The highest BCUT2D eigenvalue weighted by Crippen LogP contribution is 2.24. The fraction of sp³-hybridized carbons (Fsp3) is 0.231. The van der Waals surface area contributed by atoms with Crippen molar-refractivity contribution in [2.75, 3.05) is 5.32 Å². The van der Waals surface area contributed by atoms with E-state index < -0.39 is 0 Å². The summed E-state index contributed by atoms with van der Waals surface area (Å²) >= 11 is 7.31. The number of thiazole rings is 1. The van der Waals surface area contributed by atoms with E-state index >= 15 is 0 Å². The molecule has 108 valence electrons. The molecule has 3 rings (SSSR count). The standard InChI is InChI=1S/C13H13ClN6S/c1-8-3-4-9(12-17-19-20(2)18-12)5-11(8)15-6-10-7-16-13(14)21-10/h3-5,7,15H,6H2,1-2H3. The third-order valence-corrected chi connectivity index (χ3v) is 4.10. The maximum Gasteiger partial charge on any atom is 0.204 e. The normalized spacial score (nSPS) is 10.8. The Morgan fingerprint density at radius 2 is 2.24 bits per heavy atom. The number of hydrogen-bond donors (Lipinski definition) is 1. The van der Waals surface area contributed by atoms with Crippen LogP contribution in [-0.2, 0) is 13.6 Å². The fourth-order valence-corrected chi connectivity index (χ4v) is 2.82. The van der Waals surface area contributed by atoms with Crippen molar-refractivity contribution in [3.05, 3.63) is 39.3 Å². The lowest BCUT2D eigenvalue weighted by molar-refractivity contribution is 0.630. The first-order valence-electron chi connectivity index (χ1n) is 6.31. The molecule has 0 bridgehead atoms. The van der Waals surface area contributed by atoms with E-state index in [4.69, 9.17) is 11.6 Å². The zero-order chi connectivity index (χ0) is 14.8. The molecular weight excluding hydrogens is 308 g/mol. The molecule has 0 fully saturated rings. The predicted molar refractivity (Wildman–Crippen MR) is 83.4 cm³/mol. The van der Waals surface area contributed by atoms with Gasteiger partial charge in [0.25, 0.3) is 0 Å². The molecule has 0 amide bonds. The van der Waals surface area contributed by atoms with Gasteiger partial charge in [-0.05, 0) is 23.8 Å². The molecule has 0 saturated carbocycles. The number of aromatic nitrogens is 5. The molecule has 0 radical (unpaired) electrons. The first-order chi connectivity index (χ1) is 10.1. The monoisotopic (exact) mass is 320 g/mol. The number of nitrogens with zero attached hydrogens (tertiary/aromatic N) is 5. The minimum Gasteiger partial charge on any atom is -0.380 e. The van der Waals surface area contributed by atoms with Gasteiger partial charge in [-0.2, -0.15) is 4.80 Å². The van der Waals surface area contributed by atoms with Crippen molar-refractivity contribution in [2.45, 2.75) is 13.5 Å². The highest BCUT2D eigenvalue weighted by Gasteiger charge is 2.08. The maximum atomic E-state index is 5.83. The number of anilines is 1. The molecule has 0 aliphatic rings. The zero-order valence-corrected chi connectivity index (χ0v) is 13.1. The molecule has 6 nitrogen and oxygen atoms in total. The van der Waals surface area contributed by atoms with Crippen molar-refractivity contribution in [1.29, 1.82) is 0 Å². The minimum absolute atomic E-state index is 0.557. The number of rotatable bonds is 4. The van der Waals surface area contributed by atoms with Gasteiger partial charge >= 0.3 is 0 Å². The van der Waals surface area contributed by atoms with Gasteiger partial charge in [0.2, 0.25) is 5.82 Å². The van der Waals surface area contributed by atoms with E-state index in [2.05, 4.69) is 32.6 Å². The van der Waals surface area contributed by atoms with Crippen LogP contribution in [0.5, 0.6) is 0 Å². The van der Waals surface area contributed by atoms with Crippen LogP contribution in [0.1, 0.15) is 10.4 Å². The highest BCUT2D eigenvalue weighted by atomic mass is 35.5. The lowest BCUT2D eigenvalue weighted by atomic mass is 10.1. The average Bonchev–Trinajstić information content (AvgIpc) is 3.07. The van der Waals surface area contributed by atoms with Crippen molar-refractivity contribution in [3.8, 4) is 11.4 Å². The number of benzene rings is 1. The summed E-state index contributed by atoms with van der Waals surface area (Å²) < 4.78 is 0.557. The molecule has 2 aromatic heterocycles. The number of aryl methyl sites for hydroxylation is 2. The largest absolute Gasteiger partial charge is 0.380 e. The highest BCUT2D eigenvalue weighted by molar-refractivity contribution is 7.15. The van der Waals surface area contributed by atoms with E-state index in [1.54, 1.807) is 13.2 Å². The zero-order valence-electron chi connectivity index (χ0n) is 11.5. The smallest absolute Gasteiger partial charge is 0.204 e. The van der Waals surface area contributed by atoms with Crippen LogP contribution in [-0.4, -0.2) is 25.2 Å². The van der Waals surface area contributed by atoms with Crippen LogP contribution in [0.15, 0.2) is 24.4 Å². The van der Waals surface area contributed by atoms with E-state index in [1.807, 2.05) is 18.2 Å². The SMILES string of the molecule is Cc1ccc(-c2nnn(C)n2)cc1NCc1cnc(Cl)s1. The van der Waals surface area contributed by atoms with Crippen LogP contribution < -0.4 is 5.32 Å². The molecule has 0 spiro atoms. The van der Waals surface area contributed by atoms with Crippen molar-refractivity contribution < 1.29 is 0 Å².